The number of nitrogens with one attached hydrogen (secondary N) is 2. The molecule has 0 aromatic carbocycles. The molecule has 7 heteroatoms. The van der Waals surface area contributed by atoms with Crippen LogP contribution in [0.5, 0.6) is 0 Å². The van der Waals surface area contributed by atoms with Gasteiger partial charge in [0.15, 0.2) is 0 Å². The first kappa shape index (κ1) is 13.5. The van der Waals surface area contributed by atoms with E-state index in [0.717, 1.165) is 25.1 Å². The molecule has 19 heavy (non-hydrogen) atoms. The highest BCUT2D eigenvalue weighted by Gasteiger charge is 2.28. The van der Waals surface area contributed by atoms with Crippen molar-refractivity contribution in [1.82, 2.24) is 20.5 Å². The molecule has 1 fully saturated rings. The summed E-state index contributed by atoms with van der Waals surface area (Å²) >= 11 is 0. The second-order valence-electron chi connectivity index (χ2n) is 4.88. The van der Waals surface area contributed by atoms with E-state index in [2.05, 4.69) is 20.5 Å². The highest BCUT2D eigenvalue weighted by molar-refractivity contribution is 5.90. The summed E-state index contributed by atoms with van der Waals surface area (Å²) < 4.78 is 0. The summed E-state index contributed by atoms with van der Waals surface area (Å²) in [5.74, 6) is -0.0985. The fraction of sp³-hybridized carbons (Fsp3) is 0.667. The van der Waals surface area contributed by atoms with Crippen LogP contribution in [0.3, 0.4) is 0 Å². The number of hydrogen-bond acceptors (Lipinski definition) is 4. The molecule has 0 aliphatic heterocycles. The predicted molar refractivity (Wildman–Crippen MR) is 66.8 cm³/mol. The number of nitrogens with zero attached hydrogens (tertiary/aromatic N) is 2. The quantitative estimate of drug-likeness (QED) is 0.683. The topological polar surface area (TPSA) is 108 Å². The molecule has 0 bridgehead atoms. The zero-order valence-corrected chi connectivity index (χ0v) is 10.8. The second-order valence-corrected chi connectivity index (χ2v) is 4.88. The second kappa shape index (κ2) is 5.81. The standard InChI is InChI=1S/C12H18N4O3/c1-2-3-8(6-9(17)18)13-12(19)11-14-10(15-16-11)7-4-5-7/h7-8H,2-6H2,1H3,(H,13,19)(H,17,18)(H,14,15,16). The minimum Gasteiger partial charge on any atom is -0.481 e. The van der Waals surface area contributed by atoms with Crippen LogP contribution in [0, 0.1) is 0 Å². The monoisotopic (exact) mass is 266 g/mol. The van der Waals surface area contributed by atoms with Gasteiger partial charge < -0.3 is 10.4 Å². The van der Waals surface area contributed by atoms with Gasteiger partial charge in [0, 0.05) is 12.0 Å². The number of amides is 1. The molecule has 1 aliphatic rings. The van der Waals surface area contributed by atoms with E-state index in [4.69, 9.17) is 5.11 Å². The Morgan fingerprint density at radius 1 is 1.53 bits per heavy atom. The van der Waals surface area contributed by atoms with Gasteiger partial charge in [-0.15, -0.1) is 5.10 Å². The van der Waals surface area contributed by atoms with E-state index in [1.54, 1.807) is 0 Å². The van der Waals surface area contributed by atoms with E-state index >= 15 is 0 Å². The average molecular weight is 266 g/mol. The third-order valence-electron chi connectivity index (χ3n) is 3.06. The summed E-state index contributed by atoms with van der Waals surface area (Å²) in [5, 5.41) is 18.1. The van der Waals surface area contributed by atoms with E-state index in [9.17, 15) is 9.59 Å². The number of hydrogen-bond donors (Lipinski definition) is 3. The third kappa shape index (κ3) is 3.77. The lowest BCUT2D eigenvalue weighted by Gasteiger charge is -2.14. The minimum absolute atomic E-state index is 0.0838. The van der Waals surface area contributed by atoms with Crippen molar-refractivity contribution in [2.45, 2.75) is 51.0 Å². The minimum atomic E-state index is -0.924. The molecule has 1 unspecified atom stereocenters. The Bertz CT molecular complexity index is 467. The van der Waals surface area contributed by atoms with Crippen molar-refractivity contribution in [3.63, 3.8) is 0 Å². The first-order valence-electron chi connectivity index (χ1n) is 6.55. The lowest BCUT2D eigenvalue weighted by Crippen LogP contribution is -2.37. The van der Waals surface area contributed by atoms with Gasteiger partial charge in [-0.05, 0) is 19.3 Å². The van der Waals surface area contributed by atoms with Crippen LogP contribution in [0.15, 0.2) is 0 Å². The highest BCUT2D eigenvalue weighted by Crippen LogP contribution is 2.37. The molecule has 3 N–H and O–H groups in total. The molecule has 0 saturated heterocycles. The number of aliphatic carboxylic acids is 1. The van der Waals surface area contributed by atoms with E-state index in [1.165, 1.54) is 0 Å². The van der Waals surface area contributed by atoms with Gasteiger partial charge in [-0.25, -0.2) is 4.98 Å². The molecule has 1 heterocycles. The molecule has 0 spiro atoms. The van der Waals surface area contributed by atoms with Crippen molar-refractivity contribution < 1.29 is 14.7 Å². The largest absolute Gasteiger partial charge is 0.481 e. The molecule has 1 saturated carbocycles. The first-order chi connectivity index (χ1) is 9.10. The number of carbonyl (C=O) groups is 2. The van der Waals surface area contributed by atoms with Crippen molar-refractivity contribution in [2.24, 2.45) is 0 Å². The summed E-state index contributed by atoms with van der Waals surface area (Å²) in [7, 11) is 0. The third-order valence-corrected chi connectivity index (χ3v) is 3.06. The average Bonchev–Trinajstić information content (AvgIpc) is 3.06. The maximum Gasteiger partial charge on any atom is 0.305 e. The number of aromatic amines is 1. The van der Waals surface area contributed by atoms with Gasteiger partial charge in [-0.3, -0.25) is 14.7 Å². The molecule has 7 nitrogen and oxygen atoms in total. The summed E-state index contributed by atoms with van der Waals surface area (Å²) in [4.78, 5) is 26.8. The lowest BCUT2D eigenvalue weighted by molar-refractivity contribution is -0.137. The van der Waals surface area contributed by atoms with Gasteiger partial charge in [0.1, 0.15) is 5.82 Å². The molecule has 1 amide bonds. The van der Waals surface area contributed by atoms with Gasteiger partial charge in [-0.2, -0.15) is 0 Å². The van der Waals surface area contributed by atoms with Crippen LogP contribution >= 0.6 is 0 Å². The molecule has 1 aliphatic carbocycles. The molecular formula is C12H18N4O3. The summed E-state index contributed by atoms with van der Waals surface area (Å²) in [5.41, 5.74) is 0. The molecule has 0 radical (unpaired) electrons. The van der Waals surface area contributed by atoms with Gasteiger partial charge in [-0.1, -0.05) is 13.3 Å². The fourth-order valence-corrected chi connectivity index (χ4v) is 1.95. The van der Waals surface area contributed by atoms with Crippen molar-refractivity contribution in [3.05, 3.63) is 11.6 Å². The van der Waals surface area contributed by atoms with Gasteiger partial charge in [0.25, 0.3) is 5.91 Å². The van der Waals surface area contributed by atoms with Crippen LogP contribution in [0.4, 0.5) is 0 Å². The smallest absolute Gasteiger partial charge is 0.305 e. The Balaban J connectivity index is 1.94. The van der Waals surface area contributed by atoms with Crippen LogP contribution in [0.25, 0.3) is 0 Å². The molecular weight excluding hydrogens is 248 g/mol. The summed E-state index contributed by atoms with van der Waals surface area (Å²) in [6.07, 6.45) is 3.50. The zero-order chi connectivity index (χ0) is 13.8. The normalized spacial score (nSPS) is 16.1. The Hall–Kier alpha value is -1.92. The lowest BCUT2D eigenvalue weighted by atomic mass is 10.1. The Labute approximate surface area is 110 Å². The molecule has 1 aromatic rings. The van der Waals surface area contributed by atoms with Gasteiger partial charge >= 0.3 is 5.97 Å². The molecule has 1 aromatic heterocycles. The number of aromatic nitrogens is 3. The molecule has 1 atom stereocenters. The zero-order valence-electron chi connectivity index (χ0n) is 10.8. The van der Waals surface area contributed by atoms with Gasteiger partial charge in [0.2, 0.25) is 5.82 Å². The van der Waals surface area contributed by atoms with Crippen molar-refractivity contribution >= 4 is 11.9 Å². The number of carbonyl (C=O) groups excluding carboxylic acids is 1. The summed E-state index contributed by atoms with van der Waals surface area (Å²) in [6.45, 7) is 1.94. The number of carboxylic acid groups (broad SMARTS) is 1. The van der Waals surface area contributed by atoms with Crippen molar-refractivity contribution in [3.8, 4) is 0 Å². The van der Waals surface area contributed by atoms with E-state index in [1.807, 2.05) is 6.92 Å². The van der Waals surface area contributed by atoms with Crippen LogP contribution in [-0.4, -0.2) is 38.2 Å². The number of rotatable bonds is 7. The van der Waals surface area contributed by atoms with E-state index in [0.29, 0.717) is 12.3 Å². The highest BCUT2D eigenvalue weighted by atomic mass is 16.4. The predicted octanol–water partition coefficient (Wildman–Crippen LogP) is 1.06. The Kier molecular flexibility index (Phi) is 4.13. The van der Waals surface area contributed by atoms with Crippen LogP contribution in [-0.2, 0) is 4.79 Å². The molecule has 104 valence electrons. The maximum absolute atomic E-state index is 11.9. The maximum atomic E-state index is 11.9. The Morgan fingerprint density at radius 3 is 2.84 bits per heavy atom. The van der Waals surface area contributed by atoms with Crippen molar-refractivity contribution in [1.29, 1.82) is 0 Å². The fourth-order valence-electron chi connectivity index (χ4n) is 1.95. The molecule has 2 rings (SSSR count). The van der Waals surface area contributed by atoms with Crippen molar-refractivity contribution in [2.75, 3.05) is 0 Å². The SMILES string of the molecule is CCCC(CC(=O)O)NC(=O)c1n[nH]c(C2CC2)n1. The number of H-pyrrole nitrogens is 1. The Morgan fingerprint density at radius 2 is 2.26 bits per heavy atom. The summed E-state index contributed by atoms with van der Waals surface area (Å²) in [6, 6.07) is -0.377. The van der Waals surface area contributed by atoms with Gasteiger partial charge in [0.05, 0.1) is 6.42 Å². The number of carboxylic acids is 1. The van der Waals surface area contributed by atoms with Crippen LogP contribution in [0.1, 0.15) is 61.4 Å². The van der Waals surface area contributed by atoms with Crippen LogP contribution in [0.2, 0.25) is 0 Å². The first-order valence-corrected chi connectivity index (χ1v) is 6.55. The van der Waals surface area contributed by atoms with E-state index < -0.39 is 11.9 Å². The van der Waals surface area contributed by atoms with E-state index in [-0.39, 0.29) is 18.3 Å². The van der Waals surface area contributed by atoms with Crippen LogP contribution < -0.4 is 5.32 Å².